The third-order valence-electron chi connectivity index (χ3n) is 6.53. The number of hydrogen-bond donors (Lipinski definition) is 1. The second-order valence-electron chi connectivity index (χ2n) is 9.06. The van der Waals surface area contributed by atoms with Crippen LogP contribution < -0.4 is 15.0 Å². The van der Waals surface area contributed by atoms with Crippen molar-refractivity contribution in [3.63, 3.8) is 0 Å². The number of piperazine rings is 1. The van der Waals surface area contributed by atoms with Crippen molar-refractivity contribution in [2.24, 2.45) is 0 Å². The first-order valence-corrected chi connectivity index (χ1v) is 12.9. The lowest BCUT2D eigenvalue weighted by Gasteiger charge is -2.36. The molecule has 4 aromatic carbocycles. The molecule has 0 spiro atoms. The van der Waals surface area contributed by atoms with Crippen molar-refractivity contribution in [2.45, 2.75) is 6.61 Å². The summed E-state index contributed by atoms with van der Waals surface area (Å²) in [5.74, 6) is 0.492. The van der Waals surface area contributed by atoms with Crippen LogP contribution in [-0.2, 0) is 6.61 Å². The molecule has 2 amide bonds. The van der Waals surface area contributed by atoms with Gasteiger partial charge in [0.15, 0.2) is 0 Å². The Morgan fingerprint density at radius 1 is 0.763 bits per heavy atom. The molecule has 38 heavy (non-hydrogen) atoms. The van der Waals surface area contributed by atoms with E-state index in [2.05, 4.69) is 10.2 Å². The number of halogens is 1. The minimum absolute atomic E-state index is 0.0379. The second-order valence-corrected chi connectivity index (χ2v) is 9.47. The largest absolute Gasteiger partial charge is 0.489 e. The third kappa shape index (κ3) is 6.15. The fourth-order valence-corrected chi connectivity index (χ4v) is 4.59. The van der Waals surface area contributed by atoms with Crippen LogP contribution in [0, 0.1) is 0 Å². The number of ether oxygens (including phenoxy) is 1. The summed E-state index contributed by atoms with van der Waals surface area (Å²) in [6.07, 6.45) is 0. The summed E-state index contributed by atoms with van der Waals surface area (Å²) < 4.78 is 5.80. The van der Waals surface area contributed by atoms with Crippen LogP contribution in [0.5, 0.6) is 5.75 Å². The van der Waals surface area contributed by atoms with Crippen molar-refractivity contribution in [1.82, 2.24) is 4.90 Å². The van der Waals surface area contributed by atoms with Crippen LogP contribution in [0.15, 0.2) is 103 Å². The molecule has 1 heterocycles. The van der Waals surface area contributed by atoms with Gasteiger partial charge in [-0.05, 0) is 66.2 Å². The van der Waals surface area contributed by atoms with E-state index in [-0.39, 0.29) is 11.8 Å². The Morgan fingerprint density at radius 3 is 2.11 bits per heavy atom. The van der Waals surface area contributed by atoms with Crippen molar-refractivity contribution in [3.05, 3.63) is 125 Å². The van der Waals surface area contributed by atoms with Crippen LogP contribution in [0.2, 0.25) is 5.02 Å². The first-order valence-electron chi connectivity index (χ1n) is 12.5. The summed E-state index contributed by atoms with van der Waals surface area (Å²) in [4.78, 5) is 29.6. The molecule has 0 atom stereocenters. The summed E-state index contributed by atoms with van der Waals surface area (Å²) in [6, 6.07) is 32.0. The zero-order valence-electron chi connectivity index (χ0n) is 20.8. The Kier molecular flexibility index (Phi) is 7.90. The van der Waals surface area contributed by atoms with Gasteiger partial charge in [-0.25, -0.2) is 0 Å². The lowest BCUT2D eigenvalue weighted by molar-refractivity contribution is 0.0746. The Bertz CT molecular complexity index is 1380. The molecule has 0 aromatic heterocycles. The van der Waals surface area contributed by atoms with Crippen molar-refractivity contribution in [3.8, 4) is 5.75 Å². The van der Waals surface area contributed by atoms with E-state index < -0.39 is 0 Å². The number of nitrogens with zero attached hydrogens (tertiary/aromatic N) is 2. The maximum atomic E-state index is 12.8. The van der Waals surface area contributed by atoms with Crippen LogP contribution in [0.1, 0.15) is 26.3 Å². The van der Waals surface area contributed by atoms with Gasteiger partial charge in [0.25, 0.3) is 11.8 Å². The molecule has 0 aliphatic carbocycles. The maximum absolute atomic E-state index is 12.8. The quantitative estimate of drug-likeness (QED) is 0.315. The molecule has 0 radical (unpaired) electrons. The summed E-state index contributed by atoms with van der Waals surface area (Å²) >= 11 is 6.20. The zero-order chi connectivity index (χ0) is 26.3. The molecule has 7 heteroatoms. The molecule has 0 bridgehead atoms. The summed E-state index contributed by atoms with van der Waals surface area (Å²) in [7, 11) is 0. The first-order chi connectivity index (χ1) is 18.6. The highest BCUT2D eigenvalue weighted by Crippen LogP contribution is 2.23. The number of nitrogens with one attached hydrogen (secondary N) is 1. The Labute approximate surface area is 227 Å². The zero-order valence-corrected chi connectivity index (χ0v) is 21.6. The number of amides is 2. The molecule has 4 aromatic rings. The van der Waals surface area contributed by atoms with Crippen LogP contribution >= 0.6 is 11.6 Å². The monoisotopic (exact) mass is 525 g/mol. The smallest absolute Gasteiger partial charge is 0.255 e. The number of anilines is 2. The number of rotatable bonds is 7. The Balaban J connectivity index is 1.12. The molecule has 1 aliphatic rings. The van der Waals surface area contributed by atoms with E-state index >= 15 is 0 Å². The van der Waals surface area contributed by atoms with Gasteiger partial charge in [-0.1, -0.05) is 54.1 Å². The third-order valence-corrected chi connectivity index (χ3v) is 6.86. The van der Waals surface area contributed by atoms with E-state index in [1.165, 1.54) is 0 Å². The molecule has 0 unspecified atom stereocenters. The molecular weight excluding hydrogens is 498 g/mol. The lowest BCUT2D eigenvalue weighted by Crippen LogP contribution is -2.48. The first kappa shape index (κ1) is 25.4. The van der Waals surface area contributed by atoms with Gasteiger partial charge in [-0.15, -0.1) is 0 Å². The topological polar surface area (TPSA) is 61.9 Å². The van der Waals surface area contributed by atoms with Crippen LogP contribution in [0.4, 0.5) is 11.4 Å². The van der Waals surface area contributed by atoms with Crippen LogP contribution in [-0.4, -0.2) is 42.9 Å². The van der Waals surface area contributed by atoms with E-state index in [1.54, 1.807) is 36.4 Å². The highest BCUT2D eigenvalue weighted by atomic mass is 35.5. The van der Waals surface area contributed by atoms with Gasteiger partial charge in [-0.2, -0.15) is 0 Å². The number of carbonyl (C=O) groups excluding carboxylic acids is 2. The molecule has 192 valence electrons. The van der Waals surface area contributed by atoms with Gasteiger partial charge >= 0.3 is 0 Å². The molecule has 0 saturated carbocycles. The molecule has 1 N–H and O–H groups in total. The molecule has 1 fully saturated rings. The van der Waals surface area contributed by atoms with Gasteiger partial charge in [0.1, 0.15) is 12.4 Å². The van der Waals surface area contributed by atoms with E-state index in [0.29, 0.717) is 41.6 Å². The second kappa shape index (κ2) is 11.8. The van der Waals surface area contributed by atoms with Crippen LogP contribution in [0.3, 0.4) is 0 Å². The average molecular weight is 526 g/mol. The average Bonchev–Trinajstić information content (AvgIpc) is 2.97. The standard InChI is InChI=1S/C31H28ClN3O3/c32-29-9-5-4-8-28(29)31(37)35-20-18-34(19-21-35)26-14-12-25(13-15-26)33-30(36)24-10-16-27(17-11-24)38-22-23-6-2-1-3-7-23/h1-17H,18-22H2,(H,33,36). The van der Waals surface area contributed by atoms with E-state index in [1.807, 2.05) is 71.6 Å². The predicted molar refractivity (Wildman–Crippen MR) is 151 cm³/mol. The molecule has 1 aliphatic heterocycles. The molecule has 5 rings (SSSR count). The van der Waals surface area contributed by atoms with E-state index in [9.17, 15) is 9.59 Å². The van der Waals surface area contributed by atoms with Gasteiger partial charge < -0.3 is 19.9 Å². The normalized spacial score (nSPS) is 13.2. The van der Waals surface area contributed by atoms with Gasteiger partial charge in [0, 0.05) is 43.1 Å². The SMILES string of the molecule is O=C(Nc1ccc(N2CCN(C(=O)c3ccccc3Cl)CC2)cc1)c1ccc(OCc2ccccc2)cc1. The summed E-state index contributed by atoms with van der Waals surface area (Å²) in [5.41, 5.74) is 3.95. The summed E-state index contributed by atoms with van der Waals surface area (Å²) in [5, 5.41) is 3.42. The number of benzene rings is 4. The molecule has 6 nitrogen and oxygen atoms in total. The Hall–Kier alpha value is -4.29. The van der Waals surface area contributed by atoms with Gasteiger partial charge in [0.2, 0.25) is 0 Å². The van der Waals surface area contributed by atoms with Gasteiger partial charge in [-0.3, -0.25) is 9.59 Å². The highest BCUT2D eigenvalue weighted by molar-refractivity contribution is 6.33. The predicted octanol–water partition coefficient (Wildman–Crippen LogP) is 6.13. The summed E-state index contributed by atoms with van der Waals surface area (Å²) in [6.45, 7) is 3.16. The highest BCUT2D eigenvalue weighted by Gasteiger charge is 2.23. The number of hydrogen-bond acceptors (Lipinski definition) is 4. The Morgan fingerprint density at radius 2 is 1.42 bits per heavy atom. The fourth-order valence-electron chi connectivity index (χ4n) is 4.38. The fraction of sp³-hybridized carbons (Fsp3) is 0.161. The van der Waals surface area contributed by atoms with Gasteiger partial charge in [0.05, 0.1) is 10.6 Å². The van der Waals surface area contributed by atoms with Crippen molar-refractivity contribution in [2.75, 3.05) is 36.4 Å². The minimum atomic E-state index is -0.181. The number of carbonyl (C=O) groups is 2. The maximum Gasteiger partial charge on any atom is 0.255 e. The molecular formula is C31H28ClN3O3. The molecule has 1 saturated heterocycles. The van der Waals surface area contributed by atoms with E-state index in [0.717, 1.165) is 30.0 Å². The van der Waals surface area contributed by atoms with Crippen LogP contribution in [0.25, 0.3) is 0 Å². The minimum Gasteiger partial charge on any atom is -0.489 e. The van der Waals surface area contributed by atoms with Crippen molar-refractivity contribution < 1.29 is 14.3 Å². The van der Waals surface area contributed by atoms with Crippen molar-refractivity contribution >= 4 is 34.8 Å². The lowest BCUT2D eigenvalue weighted by atomic mass is 10.1. The van der Waals surface area contributed by atoms with E-state index in [4.69, 9.17) is 16.3 Å². The van der Waals surface area contributed by atoms with Crippen molar-refractivity contribution in [1.29, 1.82) is 0 Å².